The molecule has 0 spiro atoms. The molecule has 0 radical (unpaired) electrons. The Morgan fingerprint density at radius 3 is 2.68 bits per heavy atom. The minimum atomic E-state index is -0.485. The highest BCUT2D eigenvalue weighted by atomic mass is 35.5. The maximum absolute atomic E-state index is 12.8. The normalized spacial score (nSPS) is 11.0. The molecule has 0 aliphatic rings. The molecule has 0 saturated carbocycles. The number of furan rings is 1. The van der Waals surface area contributed by atoms with E-state index >= 15 is 0 Å². The number of halogens is 1. The first-order valence-electron chi connectivity index (χ1n) is 10.2. The fourth-order valence-electron chi connectivity index (χ4n) is 3.49. The van der Waals surface area contributed by atoms with Gasteiger partial charge in [-0.05, 0) is 55.0 Å². The molecule has 0 unspecified atom stereocenters. The number of nitro benzene ring substituents is 1. The Balaban J connectivity index is 1.40. The van der Waals surface area contributed by atoms with E-state index in [9.17, 15) is 14.9 Å². The second kappa shape index (κ2) is 8.49. The second-order valence-electron chi connectivity index (χ2n) is 7.59. The number of nitrogens with zero attached hydrogens (tertiary/aromatic N) is 2. The van der Waals surface area contributed by atoms with Crippen molar-refractivity contribution in [3.8, 4) is 22.8 Å². The third kappa shape index (κ3) is 4.14. The number of rotatable bonds is 5. The smallest absolute Gasteiger partial charge is 0.291 e. The van der Waals surface area contributed by atoms with Gasteiger partial charge in [0, 0.05) is 34.0 Å². The van der Waals surface area contributed by atoms with Crippen LogP contribution in [0.2, 0.25) is 5.02 Å². The lowest BCUT2D eigenvalue weighted by molar-refractivity contribution is -0.384. The molecule has 3 aromatic carbocycles. The number of amides is 1. The van der Waals surface area contributed by atoms with E-state index in [2.05, 4.69) is 10.3 Å². The molecule has 1 amide bonds. The number of aryl methyl sites for hydroxylation is 1. The van der Waals surface area contributed by atoms with Gasteiger partial charge < -0.3 is 14.2 Å². The van der Waals surface area contributed by atoms with E-state index in [4.69, 9.17) is 20.4 Å². The Morgan fingerprint density at radius 2 is 1.85 bits per heavy atom. The van der Waals surface area contributed by atoms with Crippen molar-refractivity contribution in [1.82, 2.24) is 4.98 Å². The number of hydrogen-bond donors (Lipinski definition) is 1. The number of nitrogens with one attached hydrogen (secondary N) is 1. The van der Waals surface area contributed by atoms with Crippen molar-refractivity contribution in [2.75, 3.05) is 5.32 Å². The Hall–Kier alpha value is -4.43. The van der Waals surface area contributed by atoms with Crippen LogP contribution in [0.4, 0.5) is 11.4 Å². The van der Waals surface area contributed by atoms with Gasteiger partial charge in [0.15, 0.2) is 11.3 Å². The summed E-state index contributed by atoms with van der Waals surface area (Å²) in [7, 11) is 0. The minimum Gasteiger partial charge on any atom is -0.451 e. The third-order valence-corrected chi connectivity index (χ3v) is 5.49. The van der Waals surface area contributed by atoms with Gasteiger partial charge in [-0.15, -0.1) is 0 Å². The number of carbonyl (C=O) groups is 1. The van der Waals surface area contributed by atoms with Crippen molar-refractivity contribution in [3.63, 3.8) is 0 Å². The first-order chi connectivity index (χ1) is 16.4. The number of non-ortho nitro benzene ring substituents is 1. The van der Waals surface area contributed by atoms with E-state index in [0.29, 0.717) is 44.6 Å². The van der Waals surface area contributed by atoms with Crippen LogP contribution in [0.3, 0.4) is 0 Å². The zero-order valence-corrected chi connectivity index (χ0v) is 18.5. The van der Waals surface area contributed by atoms with Crippen LogP contribution in [0.5, 0.6) is 0 Å². The summed E-state index contributed by atoms with van der Waals surface area (Å²) >= 11 is 6.03. The van der Waals surface area contributed by atoms with Crippen LogP contribution in [0, 0.1) is 17.0 Å². The predicted octanol–water partition coefficient (Wildman–Crippen LogP) is 6.88. The van der Waals surface area contributed by atoms with Gasteiger partial charge in [-0.1, -0.05) is 29.8 Å². The zero-order chi connectivity index (χ0) is 23.8. The fourth-order valence-corrected chi connectivity index (χ4v) is 3.65. The number of hydrogen-bond acceptors (Lipinski definition) is 6. The van der Waals surface area contributed by atoms with Crippen molar-refractivity contribution < 1.29 is 18.6 Å². The molecule has 8 nitrogen and oxygen atoms in total. The molecule has 0 aliphatic carbocycles. The van der Waals surface area contributed by atoms with Crippen LogP contribution in [0.1, 0.15) is 16.1 Å². The number of carbonyl (C=O) groups excluding carboxylic acids is 1. The van der Waals surface area contributed by atoms with Crippen molar-refractivity contribution in [1.29, 1.82) is 0 Å². The third-order valence-electron chi connectivity index (χ3n) is 5.25. The molecule has 168 valence electrons. The van der Waals surface area contributed by atoms with Gasteiger partial charge in [0.05, 0.1) is 4.92 Å². The molecule has 2 aromatic heterocycles. The summed E-state index contributed by atoms with van der Waals surface area (Å²) in [4.78, 5) is 27.9. The van der Waals surface area contributed by atoms with Gasteiger partial charge in [-0.3, -0.25) is 14.9 Å². The van der Waals surface area contributed by atoms with Crippen LogP contribution in [0.25, 0.3) is 33.9 Å². The van der Waals surface area contributed by atoms with Crippen LogP contribution in [-0.4, -0.2) is 15.8 Å². The number of oxazole rings is 1. The summed E-state index contributed by atoms with van der Waals surface area (Å²) in [5, 5.41) is 14.4. The maximum atomic E-state index is 12.8. The summed E-state index contributed by atoms with van der Waals surface area (Å²) in [6.45, 7) is 1.86. The standard InChI is InChI=1S/C25H16ClN3O5/c1-14-5-6-16(25-28-20-13-17(26)7-8-22(20)34-25)12-19(14)27-24(30)23-10-9-21(33-23)15-3-2-4-18(11-15)29(31)32/h2-13H,1H3,(H,27,30). The zero-order valence-electron chi connectivity index (χ0n) is 17.7. The summed E-state index contributed by atoms with van der Waals surface area (Å²) < 4.78 is 11.5. The number of benzene rings is 3. The largest absolute Gasteiger partial charge is 0.451 e. The van der Waals surface area contributed by atoms with E-state index in [-0.39, 0.29) is 11.4 Å². The SMILES string of the molecule is Cc1ccc(-c2nc3cc(Cl)ccc3o2)cc1NC(=O)c1ccc(-c2cccc([N+](=O)[O-])c2)o1. The number of aromatic nitrogens is 1. The monoisotopic (exact) mass is 473 g/mol. The average molecular weight is 474 g/mol. The van der Waals surface area contributed by atoms with Crippen molar-refractivity contribution in [2.45, 2.75) is 6.92 Å². The van der Waals surface area contributed by atoms with Crippen LogP contribution in [-0.2, 0) is 0 Å². The summed E-state index contributed by atoms with van der Waals surface area (Å²) in [5.74, 6) is 0.368. The Morgan fingerprint density at radius 1 is 1.00 bits per heavy atom. The van der Waals surface area contributed by atoms with Gasteiger partial charge in [-0.25, -0.2) is 4.98 Å². The topological polar surface area (TPSA) is 111 Å². The van der Waals surface area contributed by atoms with E-state index in [1.54, 1.807) is 42.5 Å². The minimum absolute atomic E-state index is 0.0613. The Kier molecular flexibility index (Phi) is 5.35. The van der Waals surface area contributed by atoms with E-state index in [0.717, 1.165) is 5.56 Å². The number of fused-ring (bicyclic) bond motifs is 1. The molecule has 1 N–H and O–H groups in total. The lowest BCUT2D eigenvalue weighted by atomic mass is 10.1. The van der Waals surface area contributed by atoms with E-state index in [1.165, 1.54) is 18.2 Å². The molecule has 0 bridgehead atoms. The Bertz CT molecular complexity index is 1570. The molecule has 0 fully saturated rings. The highest BCUT2D eigenvalue weighted by Gasteiger charge is 2.17. The Labute approximate surface area is 197 Å². The van der Waals surface area contributed by atoms with Crippen molar-refractivity contribution in [2.24, 2.45) is 0 Å². The van der Waals surface area contributed by atoms with Gasteiger partial charge in [-0.2, -0.15) is 0 Å². The van der Waals surface area contributed by atoms with Crippen molar-refractivity contribution in [3.05, 3.63) is 99.3 Å². The molecule has 2 heterocycles. The van der Waals surface area contributed by atoms with Gasteiger partial charge in [0.25, 0.3) is 11.6 Å². The highest BCUT2D eigenvalue weighted by Crippen LogP contribution is 2.30. The lowest BCUT2D eigenvalue weighted by Gasteiger charge is -2.08. The summed E-state index contributed by atoms with van der Waals surface area (Å²) in [6.07, 6.45) is 0. The number of anilines is 1. The molecule has 0 atom stereocenters. The average Bonchev–Trinajstić information content (AvgIpc) is 3.48. The molecule has 0 saturated heterocycles. The number of nitro groups is 1. The van der Waals surface area contributed by atoms with Gasteiger partial charge in [0.2, 0.25) is 5.89 Å². The van der Waals surface area contributed by atoms with Gasteiger partial charge in [0.1, 0.15) is 11.3 Å². The van der Waals surface area contributed by atoms with Crippen LogP contribution >= 0.6 is 11.6 Å². The predicted molar refractivity (Wildman–Crippen MR) is 128 cm³/mol. The fraction of sp³-hybridized carbons (Fsp3) is 0.0400. The van der Waals surface area contributed by atoms with Gasteiger partial charge >= 0.3 is 0 Å². The molecule has 0 aliphatic heterocycles. The van der Waals surface area contributed by atoms with Crippen LogP contribution < -0.4 is 5.32 Å². The molecular weight excluding hydrogens is 458 g/mol. The summed E-state index contributed by atoms with van der Waals surface area (Å²) in [5.41, 5.74) is 3.77. The maximum Gasteiger partial charge on any atom is 0.291 e. The second-order valence-corrected chi connectivity index (χ2v) is 8.02. The molecule has 34 heavy (non-hydrogen) atoms. The van der Waals surface area contributed by atoms with E-state index < -0.39 is 10.8 Å². The first kappa shape index (κ1) is 21.4. The molecular formula is C25H16ClN3O5. The molecule has 5 aromatic rings. The highest BCUT2D eigenvalue weighted by molar-refractivity contribution is 6.31. The molecule has 5 rings (SSSR count). The van der Waals surface area contributed by atoms with E-state index in [1.807, 2.05) is 19.1 Å². The van der Waals surface area contributed by atoms with Crippen LogP contribution in [0.15, 0.2) is 81.6 Å². The molecule has 9 heteroatoms. The quantitative estimate of drug-likeness (QED) is 0.220. The first-order valence-corrected chi connectivity index (χ1v) is 10.6. The summed E-state index contributed by atoms with van der Waals surface area (Å²) in [6, 6.07) is 19.8. The van der Waals surface area contributed by atoms with Crippen molar-refractivity contribution >= 4 is 40.0 Å². The lowest BCUT2D eigenvalue weighted by Crippen LogP contribution is -2.11.